The van der Waals surface area contributed by atoms with Gasteiger partial charge in [-0.25, -0.2) is 8.42 Å². The van der Waals surface area contributed by atoms with E-state index in [-0.39, 0.29) is 16.5 Å². The number of amides is 1. The molecule has 1 amide bonds. The smallest absolute Gasteiger partial charge is 0.262 e. The van der Waals surface area contributed by atoms with Gasteiger partial charge in [-0.05, 0) is 48.5 Å². The summed E-state index contributed by atoms with van der Waals surface area (Å²) in [6.45, 7) is 0. The Hall–Kier alpha value is -3.17. The maximum atomic E-state index is 12.8. The molecule has 0 aliphatic heterocycles. The summed E-state index contributed by atoms with van der Waals surface area (Å²) in [5.74, 6) is 1.37. The molecule has 0 aromatic heterocycles. The second kappa shape index (κ2) is 10.9. The number of rotatable bonds is 10. The number of carbonyl (C=O) groups is 1. The van der Waals surface area contributed by atoms with Crippen molar-refractivity contribution in [2.24, 2.45) is 0 Å². The van der Waals surface area contributed by atoms with Crippen molar-refractivity contribution in [2.45, 2.75) is 16.2 Å². The molecule has 0 spiro atoms. The lowest BCUT2D eigenvalue weighted by Gasteiger charge is -2.13. The van der Waals surface area contributed by atoms with Gasteiger partial charge in [-0.15, -0.1) is 11.8 Å². The normalized spacial score (nSPS) is 10.9. The first-order valence-electron chi connectivity index (χ1n) is 9.74. The van der Waals surface area contributed by atoms with Crippen LogP contribution < -0.4 is 19.5 Å². The van der Waals surface area contributed by atoms with Gasteiger partial charge in [0.05, 0.1) is 24.8 Å². The Balaban J connectivity index is 1.60. The summed E-state index contributed by atoms with van der Waals surface area (Å²) >= 11 is 1.60. The number of thioether (sulfide) groups is 1. The number of anilines is 2. The third kappa shape index (κ3) is 6.41. The molecule has 32 heavy (non-hydrogen) atoms. The van der Waals surface area contributed by atoms with Crippen LogP contribution in [-0.2, 0) is 14.8 Å². The number of hydrogen-bond donors (Lipinski definition) is 2. The van der Waals surface area contributed by atoms with Gasteiger partial charge in [0.25, 0.3) is 10.0 Å². The van der Waals surface area contributed by atoms with Gasteiger partial charge in [-0.3, -0.25) is 9.52 Å². The highest BCUT2D eigenvalue weighted by Crippen LogP contribution is 2.31. The van der Waals surface area contributed by atoms with E-state index in [0.717, 1.165) is 4.90 Å². The molecule has 0 aliphatic rings. The van der Waals surface area contributed by atoms with Crippen LogP contribution in [0.1, 0.15) is 6.42 Å². The summed E-state index contributed by atoms with van der Waals surface area (Å²) in [4.78, 5) is 13.3. The maximum absolute atomic E-state index is 12.8. The number of benzene rings is 3. The lowest BCUT2D eigenvalue weighted by molar-refractivity contribution is -0.115. The molecule has 0 heterocycles. The van der Waals surface area contributed by atoms with Crippen LogP contribution in [0.5, 0.6) is 11.5 Å². The first kappa shape index (κ1) is 23.5. The fourth-order valence-corrected chi connectivity index (χ4v) is 4.75. The number of hydrogen-bond acceptors (Lipinski definition) is 6. The first-order valence-corrected chi connectivity index (χ1v) is 12.2. The van der Waals surface area contributed by atoms with Crippen molar-refractivity contribution in [3.05, 3.63) is 72.8 Å². The predicted octanol–water partition coefficient (Wildman–Crippen LogP) is 4.63. The number of sulfonamides is 1. The third-order valence-corrected chi connectivity index (χ3v) is 6.84. The van der Waals surface area contributed by atoms with E-state index < -0.39 is 10.0 Å². The molecule has 0 fully saturated rings. The molecule has 3 aromatic carbocycles. The minimum Gasteiger partial charge on any atom is -0.497 e. The number of nitrogens with one attached hydrogen (secondary N) is 2. The van der Waals surface area contributed by atoms with Crippen molar-refractivity contribution >= 4 is 39.1 Å². The van der Waals surface area contributed by atoms with Crippen LogP contribution in [0.2, 0.25) is 0 Å². The Morgan fingerprint density at radius 2 is 1.66 bits per heavy atom. The second-order valence-corrected chi connectivity index (χ2v) is 9.51. The third-order valence-electron chi connectivity index (χ3n) is 4.44. The minimum atomic E-state index is -3.86. The second-order valence-electron chi connectivity index (χ2n) is 6.66. The number of methoxy groups -OCH3 is 2. The molecule has 0 radical (unpaired) electrons. The Morgan fingerprint density at radius 3 is 2.31 bits per heavy atom. The van der Waals surface area contributed by atoms with E-state index in [2.05, 4.69) is 10.0 Å². The molecule has 0 saturated carbocycles. The van der Waals surface area contributed by atoms with Gasteiger partial charge < -0.3 is 14.8 Å². The standard InChI is InChI=1S/C23H24N2O5S2/c1-29-18-10-13-22(30-2)21(16-18)25-32(27,28)20-11-8-17(9-12-20)24-23(26)14-15-31-19-6-4-3-5-7-19/h3-13,16,25H,14-15H2,1-2H3,(H,24,26). The molecule has 7 nitrogen and oxygen atoms in total. The van der Waals surface area contributed by atoms with Crippen LogP contribution in [0, 0.1) is 0 Å². The van der Waals surface area contributed by atoms with E-state index in [4.69, 9.17) is 9.47 Å². The zero-order chi connectivity index (χ0) is 23.0. The monoisotopic (exact) mass is 472 g/mol. The van der Waals surface area contributed by atoms with Gasteiger partial charge in [-0.1, -0.05) is 18.2 Å². The van der Waals surface area contributed by atoms with Crippen molar-refractivity contribution in [3.63, 3.8) is 0 Å². The van der Waals surface area contributed by atoms with Gasteiger partial charge in [0.2, 0.25) is 5.91 Å². The van der Waals surface area contributed by atoms with Gasteiger partial charge >= 0.3 is 0 Å². The first-order chi connectivity index (χ1) is 15.4. The van der Waals surface area contributed by atoms with Gasteiger partial charge in [-0.2, -0.15) is 0 Å². The lowest BCUT2D eigenvalue weighted by atomic mass is 10.3. The van der Waals surface area contributed by atoms with E-state index in [1.165, 1.54) is 26.4 Å². The Kier molecular flexibility index (Phi) is 8.02. The molecule has 3 aromatic rings. The molecule has 0 saturated heterocycles. The highest BCUT2D eigenvalue weighted by molar-refractivity contribution is 7.99. The van der Waals surface area contributed by atoms with Gasteiger partial charge in [0, 0.05) is 28.8 Å². The molecule has 0 bridgehead atoms. The van der Waals surface area contributed by atoms with Crippen molar-refractivity contribution in [3.8, 4) is 11.5 Å². The van der Waals surface area contributed by atoms with Crippen LogP contribution in [0.3, 0.4) is 0 Å². The highest BCUT2D eigenvalue weighted by atomic mass is 32.2. The fourth-order valence-electron chi connectivity index (χ4n) is 2.82. The van der Waals surface area contributed by atoms with Gasteiger partial charge in [0.1, 0.15) is 11.5 Å². The summed E-state index contributed by atoms with van der Waals surface area (Å²) in [7, 11) is -0.915. The zero-order valence-corrected chi connectivity index (χ0v) is 19.3. The van der Waals surface area contributed by atoms with Crippen molar-refractivity contribution < 1.29 is 22.7 Å². The van der Waals surface area contributed by atoms with Gasteiger partial charge in [0.15, 0.2) is 0 Å². The summed E-state index contributed by atoms with van der Waals surface area (Å²) in [5, 5.41) is 2.79. The molecule has 0 unspecified atom stereocenters. The Labute approximate surface area is 192 Å². The van der Waals surface area contributed by atoms with Crippen LogP contribution in [-0.4, -0.2) is 34.3 Å². The average Bonchev–Trinajstić information content (AvgIpc) is 2.80. The molecule has 0 atom stereocenters. The summed E-state index contributed by atoms with van der Waals surface area (Å²) in [6, 6.07) is 20.7. The lowest BCUT2D eigenvalue weighted by Crippen LogP contribution is -2.15. The maximum Gasteiger partial charge on any atom is 0.262 e. The van der Waals surface area contributed by atoms with E-state index in [1.807, 2.05) is 30.3 Å². The quantitative estimate of drug-likeness (QED) is 0.418. The molecule has 0 aliphatic carbocycles. The van der Waals surface area contributed by atoms with Crippen LogP contribution in [0.4, 0.5) is 11.4 Å². The van der Waals surface area contributed by atoms with Crippen LogP contribution in [0.25, 0.3) is 0 Å². The van der Waals surface area contributed by atoms with Crippen LogP contribution in [0.15, 0.2) is 82.6 Å². The Morgan fingerprint density at radius 1 is 0.938 bits per heavy atom. The van der Waals surface area contributed by atoms with Crippen molar-refractivity contribution in [2.75, 3.05) is 30.0 Å². The molecule has 168 valence electrons. The molecular weight excluding hydrogens is 448 g/mol. The summed E-state index contributed by atoms with van der Waals surface area (Å²) in [5.41, 5.74) is 0.790. The number of ether oxygens (including phenoxy) is 2. The average molecular weight is 473 g/mol. The largest absolute Gasteiger partial charge is 0.497 e. The molecular formula is C23H24N2O5S2. The summed E-state index contributed by atoms with van der Waals surface area (Å²) < 4.78 is 38.4. The zero-order valence-electron chi connectivity index (χ0n) is 17.7. The van der Waals surface area contributed by atoms with Crippen LogP contribution >= 0.6 is 11.8 Å². The van der Waals surface area contributed by atoms with E-state index in [9.17, 15) is 13.2 Å². The predicted molar refractivity (Wildman–Crippen MR) is 127 cm³/mol. The van der Waals surface area contributed by atoms with E-state index in [1.54, 1.807) is 42.1 Å². The van der Waals surface area contributed by atoms with E-state index in [0.29, 0.717) is 29.4 Å². The Bertz CT molecular complexity index is 1150. The van der Waals surface area contributed by atoms with Crippen molar-refractivity contribution in [1.29, 1.82) is 0 Å². The molecule has 3 rings (SSSR count). The van der Waals surface area contributed by atoms with E-state index >= 15 is 0 Å². The molecule has 9 heteroatoms. The van der Waals surface area contributed by atoms with Crippen molar-refractivity contribution in [1.82, 2.24) is 0 Å². The number of carbonyl (C=O) groups excluding carboxylic acids is 1. The SMILES string of the molecule is COc1ccc(OC)c(NS(=O)(=O)c2ccc(NC(=O)CCSc3ccccc3)cc2)c1. The highest BCUT2D eigenvalue weighted by Gasteiger charge is 2.17. The minimum absolute atomic E-state index is 0.0556. The fraction of sp³-hybridized carbons (Fsp3) is 0.174. The topological polar surface area (TPSA) is 93.7 Å². The molecule has 2 N–H and O–H groups in total. The summed E-state index contributed by atoms with van der Waals surface area (Å²) in [6.07, 6.45) is 0.344.